The second kappa shape index (κ2) is 6.60. The van der Waals surface area contributed by atoms with Crippen LogP contribution in [0.3, 0.4) is 0 Å². The largest absolute Gasteiger partial charge is 0.338 e. The molecule has 0 atom stereocenters. The fraction of sp³-hybridized carbons (Fsp3) is 0.250. The first kappa shape index (κ1) is 15.2. The van der Waals surface area contributed by atoms with E-state index in [-0.39, 0.29) is 0 Å². The molecular weight excluding hydrogens is 318 g/mol. The maximum Gasteiger partial charge on any atom is 0.241 e. The van der Waals surface area contributed by atoms with E-state index in [1.807, 2.05) is 43.4 Å². The van der Waals surface area contributed by atoms with Gasteiger partial charge in [0.05, 0.1) is 10.9 Å². The number of hydrogen-bond acceptors (Lipinski definition) is 5. The van der Waals surface area contributed by atoms with Gasteiger partial charge in [-0.05, 0) is 26.1 Å². The topological polar surface area (TPSA) is 42.2 Å². The number of hydrogen-bond donors (Lipinski definition) is 0. The normalized spacial score (nSPS) is 11.3. The summed E-state index contributed by atoms with van der Waals surface area (Å²) in [7, 11) is 2.02. The number of aromatic nitrogens is 2. The van der Waals surface area contributed by atoms with Crippen molar-refractivity contribution in [2.45, 2.75) is 20.0 Å². The van der Waals surface area contributed by atoms with Gasteiger partial charge in [-0.1, -0.05) is 46.6 Å². The fourth-order valence-electron chi connectivity index (χ4n) is 2.13. The van der Waals surface area contributed by atoms with Crippen molar-refractivity contribution in [3.63, 3.8) is 0 Å². The molecule has 1 aromatic carbocycles. The molecule has 0 saturated carbocycles. The summed E-state index contributed by atoms with van der Waals surface area (Å²) in [6.45, 7) is 3.46. The van der Waals surface area contributed by atoms with E-state index in [2.05, 4.69) is 22.0 Å². The molecular formula is C16H16ClN3OS. The van der Waals surface area contributed by atoms with Gasteiger partial charge < -0.3 is 4.52 Å². The molecule has 0 aliphatic heterocycles. The zero-order valence-corrected chi connectivity index (χ0v) is 14.0. The third-order valence-corrected chi connectivity index (χ3v) is 4.45. The molecule has 0 aliphatic rings. The Hall–Kier alpha value is -1.69. The minimum absolute atomic E-state index is 0.606. The minimum atomic E-state index is 0.606. The Morgan fingerprint density at radius 1 is 1.14 bits per heavy atom. The highest BCUT2D eigenvalue weighted by Gasteiger charge is 2.11. The number of halogens is 1. The predicted molar refractivity (Wildman–Crippen MR) is 89.0 cm³/mol. The predicted octanol–water partition coefficient (Wildman–Crippen LogP) is 4.39. The van der Waals surface area contributed by atoms with E-state index >= 15 is 0 Å². The van der Waals surface area contributed by atoms with Crippen molar-refractivity contribution in [1.29, 1.82) is 0 Å². The maximum absolute atomic E-state index is 5.95. The summed E-state index contributed by atoms with van der Waals surface area (Å²) in [5.74, 6) is 1.24. The Bertz CT molecular complexity index is 751. The Kier molecular flexibility index (Phi) is 4.57. The van der Waals surface area contributed by atoms with Gasteiger partial charge in [0.15, 0.2) is 0 Å². The zero-order valence-electron chi connectivity index (χ0n) is 12.4. The molecule has 4 nitrogen and oxygen atoms in total. The summed E-state index contributed by atoms with van der Waals surface area (Å²) < 4.78 is 6.15. The highest BCUT2D eigenvalue weighted by Crippen LogP contribution is 2.23. The summed E-state index contributed by atoms with van der Waals surface area (Å²) in [5, 5.41) is 4.05. The smallest absolute Gasteiger partial charge is 0.241 e. The van der Waals surface area contributed by atoms with Crippen molar-refractivity contribution in [1.82, 2.24) is 15.0 Å². The lowest BCUT2D eigenvalue weighted by Gasteiger charge is -2.12. The van der Waals surface area contributed by atoms with Crippen LogP contribution < -0.4 is 0 Å². The summed E-state index contributed by atoms with van der Waals surface area (Å²) in [4.78, 5) is 7.79. The lowest BCUT2D eigenvalue weighted by Crippen LogP contribution is -2.16. The van der Waals surface area contributed by atoms with E-state index in [0.29, 0.717) is 18.3 Å². The van der Waals surface area contributed by atoms with E-state index in [1.165, 1.54) is 10.4 Å². The van der Waals surface area contributed by atoms with Gasteiger partial charge in [-0.2, -0.15) is 4.98 Å². The molecule has 2 aromatic heterocycles. The molecule has 0 N–H and O–H groups in total. The molecule has 2 heterocycles. The molecule has 0 amide bonds. The molecule has 3 aromatic rings. The van der Waals surface area contributed by atoms with Crippen molar-refractivity contribution in [2.24, 2.45) is 0 Å². The Morgan fingerprint density at radius 2 is 1.91 bits per heavy atom. The highest BCUT2D eigenvalue weighted by molar-refractivity contribution is 7.16. The van der Waals surface area contributed by atoms with Crippen molar-refractivity contribution in [3.05, 3.63) is 57.1 Å². The van der Waals surface area contributed by atoms with Crippen LogP contribution in [0.25, 0.3) is 11.4 Å². The first-order valence-corrected chi connectivity index (χ1v) is 8.12. The number of thiophene rings is 1. The quantitative estimate of drug-likeness (QED) is 0.694. The van der Waals surface area contributed by atoms with Gasteiger partial charge in [0.2, 0.25) is 11.7 Å². The summed E-state index contributed by atoms with van der Waals surface area (Å²) in [6, 6.07) is 12.0. The number of nitrogens with zero attached hydrogens (tertiary/aromatic N) is 3. The first-order valence-electron chi connectivity index (χ1n) is 6.92. The SMILES string of the molecule is Cc1ccc(-c2noc(CN(C)Cc3ccc(Cl)s3)n2)cc1. The molecule has 3 rings (SSSR count). The molecule has 0 bridgehead atoms. The van der Waals surface area contributed by atoms with E-state index in [1.54, 1.807) is 11.3 Å². The van der Waals surface area contributed by atoms with Crippen molar-refractivity contribution in [2.75, 3.05) is 7.05 Å². The van der Waals surface area contributed by atoms with Gasteiger partial charge in [-0.3, -0.25) is 4.90 Å². The second-order valence-corrected chi connectivity index (χ2v) is 7.06. The molecule has 114 valence electrons. The standard InChI is InChI=1S/C16H16ClN3OS/c1-11-3-5-12(6-4-11)16-18-15(21-19-16)10-20(2)9-13-7-8-14(17)22-13/h3-8H,9-10H2,1-2H3. The first-order chi connectivity index (χ1) is 10.6. The Morgan fingerprint density at radius 3 is 2.59 bits per heavy atom. The molecule has 0 aliphatic carbocycles. The Balaban J connectivity index is 1.65. The molecule has 0 saturated heterocycles. The van der Waals surface area contributed by atoms with E-state index < -0.39 is 0 Å². The van der Waals surface area contributed by atoms with Gasteiger partial charge in [0.25, 0.3) is 0 Å². The van der Waals surface area contributed by atoms with Crippen LogP contribution in [0.1, 0.15) is 16.3 Å². The van der Waals surface area contributed by atoms with Crippen LogP contribution in [0.4, 0.5) is 0 Å². The third kappa shape index (κ3) is 3.74. The van der Waals surface area contributed by atoms with Crippen LogP contribution in [0.15, 0.2) is 40.9 Å². The van der Waals surface area contributed by atoms with Crippen LogP contribution in [0.2, 0.25) is 4.34 Å². The van der Waals surface area contributed by atoms with Gasteiger partial charge in [-0.25, -0.2) is 0 Å². The lowest BCUT2D eigenvalue weighted by atomic mass is 10.1. The van der Waals surface area contributed by atoms with Crippen molar-refractivity contribution >= 4 is 22.9 Å². The van der Waals surface area contributed by atoms with Crippen LogP contribution in [0.5, 0.6) is 0 Å². The Labute approximate surface area is 138 Å². The van der Waals surface area contributed by atoms with Crippen molar-refractivity contribution in [3.8, 4) is 11.4 Å². The van der Waals surface area contributed by atoms with Crippen molar-refractivity contribution < 1.29 is 4.52 Å². The van der Waals surface area contributed by atoms with Gasteiger partial charge >= 0.3 is 0 Å². The molecule has 22 heavy (non-hydrogen) atoms. The van der Waals surface area contributed by atoms with E-state index in [9.17, 15) is 0 Å². The van der Waals surface area contributed by atoms with Gasteiger partial charge in [-0.15, -0.1) is 11.3 Å². The summed E-state index contributed by atoms with van der Waals surface area (Å²) in [5.41, 5.74) is 2.18. The van der Waals surface area contributed by atoms with Crippen LogP contribution >= 0.6 is 22.9 Å². The molecule has 0 unspecified atom stereocenters. The average molecular weight is 334 g/mol. The summed E-state index contributed by atoms with van der Waals surface area (Å²) in [6.07, 6.45) is 0. The molecule has 0 spiro atoms. The number of rotatable bonds is 5. The maximum atomic E-state index is 5.95. The van der Waals surface area contributed by atoms with E-state index in [0.717, 1.165) is 16.4 Å². The lowest BCUT2D eigenvalue weighted by molar-refractivity contribution is 0.262. The molecule has 6 heteroatoms. The van der Waals surface area contributed by atoms with Gasteiger partial charge in [0, 0.05) is 17.0 Å². The number of aryl methyl sites for hydroxylation is 1. The zero-order chi connectivity index (χ0) is 15.5. The van der Waals surface area contributed by atoms with Crippen LogP contribution in [0, 0.1) is 6.92 Å². The van der Waals surface area contributed by atoms with E-state index in [4.69, 9.17) is 16.1 Å². The minimum Gasteiger partial charge on any atom is -0.338 e. The molecule has 0 fully saturated rings. The fourth-order valence-corrected chi connectivity index (χ4v) is 3.30. The monoisotopic (exact) mass is 333 g/mol. The second-order valence-electron chi connectivity index (χ2n) is 5.26. The summed E-state index contributed by atoms with van der Waals surface area (Å²) >= 11 is 7.53. The molecule has 0 radical (unpaired) electrons. The number of benzene rings is 1. The van der Waals surface area contributed by atoms with Crippen LogP contribution in [-0.2, 0) is 13.1 Å². The van der Waals surface area contributed by atoms with Gasteiger partial charge in [0.1, 0.15) is 0 Å². The average Bonchev–Trinajstić information content (AvgIpc) is 3.09. The van der Waals surface area contributed by atoms with Crippen LogP contribution in [-0.4, -0.2) is 22.1 Å². The highest BCUT2D eigenvalue weighted by atomic mass is 35.5. The third-order valence-electron chi connectivity index (χ3n) is 3.24.